The molecular formula is C18H36N2. The van der Waals surface area contributed by atoms with Crippen LogP contribution in [0.1, 0.15) is 72.6 Å². The van der Waals surface area contributed by atoms with E-state index < -0.39 is 0 Å². The second kappa shape index (κ2) is 6.36. The van der Waals surface area contributed by atoms with Crippen molar-refractivity contribution in [2.45, 2.75) is 78.2 Å². The second-order valence-electron chi connectivity index (χ2n) is 8.30. The molecule has 0 aromatic heterocycles. The van der Waals surface area contributed by atoms with Gasteiger partial charge in [-0.3, -0.25) is 0 Å². The van der Waals surface area contributed by atoms with E-state index in [0.29, 0.717) is 5.41 Å². The summed E-state index contributed by atoms with van der Waals surface area (Å²) in [5, 5.41) is 3.87. The average molecular weight is 280 g/mol. The summed E-state index contributed by atoms with van der Waals surface area (Å²) in [6.07, 6.45) is 9.44. The standard InChI is InChI=1S/C18H36N2/c1-5-17(3,4)16-8-10-18(13-19,11-9-16)20-12-14(2)15-6-7-15/h14-16,20H,5-13,19H2,1-4H3. The molecule has 2 aliphatic rings. The monoisotopic (exact) mass is 280 g/mol. The molecule has 0 heterocycles. The van der Waals surface area contributed by atoms with E-state index in [1.165, 1.54) is 51.5 Å². The predicted octanol–water partition coefficient (Wildman–Crippen LogP) is 3.95. The van der Waals surface area contributed by atoms with Gasteiger partial charge in [0, 0.05) is 12.1 Å². The van der Waals surface area contributed by atoms with Crippen molar-refractivity contribution in [1.82, 2.24) is 5.32 Å². The van der Waals surface area contributed by atoms with Crippen LogP contribution >= 0.6 is 0 Å². The van der Waals surface area contributed by atoms with E-state index in [2.05, 4.69) is 33.0 Å². The maximum Gasteiger partial charge on any atom is 0.0304 e. The van der Waals surface area contributed by atoms with Crippen LogP contribution in [0.25, 0.3) is 0 Å². The molecule has 2 heteroatoms. The summed E-state index contributed by atoms with van der Waals surface area (Å²) in [5.41, 5.74) is 6.88. The van der Waals surface area contributed by atoms with Crippen molar-refractivity contribution in [3.8, 4) is 0 Å². The van der Waals surface area contributed by atoms with Gasteiger partial charge in [-0.05, 0) is 68.2 Å². The largest absolute Gasteiger partial charge is 0.329 e. The zero-order chi connectivity index (χ0) is 14.8. The van der Waals surface area contributed by atoms with Crippen LogP contribution < -0.4 is 11.1 Å². The Balaban J connectivity index is 1.84. The van der Waals surface area contributed by atoms with Gasteiger partial charge in [0.1, 0.15) is 0 Å². The molecule has 0 spiro atoms. The Hall–Kier alpha value is -0.0800. The van der Waals surface area contributed by atoms with E-state index in [9.17, 15) is 0 Å². The van der Waals surface area contributed by atoms with Crippen LogP contribution in [-0.2, 0) is 0 Å². The average Bonchev–Trinajstić information content (AvgIpc) is 3.30. The predicted molar refractivity (Wildman–Crippen MR) is 87.7 cm³/mol. The third-order valence-corrected chi connectivity index (χ3v) is 6.58. The molecule has 20 heavy (non-hydrogen) atoms. The molecule has 0 aromatic rings. The van der Waals surface area contributed by atoms with Gasteiger partial charge in [-0.1, -0.05) is 34.1 Å². The molecule has 3 N–H and O–H groups in total. The number of hydrogen-bond donors (Lipinski definition) is 2. The first kappa shape index (κ1) is 16.3. The van der Waals surface area contributed by atoms with Crippen molar-refractivity contribution in [3.05, 3.63) is 0 Å². The number of nitrogens with two attached hydrogens (primary N) is 1. The molecule has 0 aliphatic heterocycles. The highest BCUT2D eigenvalue weighted by molar-refractivity contribution is 4.97. The summed E-state index contributed by atoms with van der Waals surface area (Å²) >= 11 is 0. The molecule has 118 valence electrons. The van der Waals surface area contributed by atoms with E-state index in [1.54, 1.807) is 0 Å². The fraction of sp³-hybridized carbons (Fsp3) is 1.00. The Morgan fingerprint density at radius 3 is 2.25 bits per heavy atom. The van der Waals surface area contributed by atoms with Crippen LogP contribution in [0.5, 0.6) is 0 Å². The van der Waals surface area contributed by atoms with Crippen LogP contribution in [0, 0.1) is 23.2 Å². The van der Waals surface area contributed by atoms with Crippen molar-refractivity contribution in [3.63, 3.8) is 0 Å². The summed E-state index contributed by atoms with van der Waals surface area (Å²) in [7, 11) is 0. The van der Waals surface area contributed by atoms with Gasteiger partial charge in [0.25, 0.3) is 0 Å². The van der Waals surface area contributed by atoms with Gasteiger partial charge in [-0.25, -0.2) is 0 Å². The van der Waals surface area contributed by atoms with Gasteiger partial charge in [0.15, 0.2) is 0 Å². The Bertz CT molecular complexity index is 299. The molecule has 0 amide bonds. The highest BCUT2D eigenvalue weighted by atomic mass is 15.0. The van der Waals surface area contributed by atoms with E-state index in [0.717, 1.165) is 24.3 Å². The van der Waals surface area contributed by atoms with Gasteiger partial charge in [-0.2, -0.15) is 0 Å². The van der Waals surface area contributed by atoms with E-state index in [-0.39, 0.29) is 5.54 Å². The van der Waals surface area contributed by atoms with E-state index in [4.69, 9.17) is 5.73 Å². The van der Waals surface area contributed by atoms with Gasteiger partial charge < -0.3 is 11.1 Å². The molecule has 1 unspecified atom stereocenters. The maximum absolute atomic E-state index is 6.14. The van der Waals surface area contributed by atoms with Crippen molar-refractivity contribution in [2.24, 2.45) is 28.9 Å². The molecule has 1 atom stereocenters. The van der Waals surface area contributed by atoms with Crippen LogP contribution in [0.4, 0.5) is 0 Å². The minimum Gasteiger partial charge on any atom is -0.329 e. The normalized spacial score (nSPS) is 33.1. The van der Waals surface area contributed by atoms with Crippen molar-refractivity contribution < 1.29 is 0 Å². The number of rotatable bonds is 7. The van der Waals surface area contributed by atoms with Crippen LogP contribution in [-0.4, -0.2) is 18.6 Å². The Labute approximate surface area is 126 Å². The second-order valence-corrected chi connectivity index (χ2v) is 8.30. The maximum atomic E-state index is 6.14. The molecule has 2 aliphatic carbocycles. The zero-order valence-electron chi connectivity index (χ0n) is 14.2. The van der Waals surface area contributed by atoms with Crippen LogP contribution in [0.2, 0.25) is 0 Å². The molecule has 0 bridgehead atoms. The lowest BCUT2D eigenvalue weighted by atomic mass is 9.65. The minimum atomic E-state index is 0.240. The Kier molecular flexibility index (Phi) is 5.18. The molecule has 0 saturated heterocycles. The first-order valence-electron chi connectivity index (χ1n) is 8.87. The van der Waals surface area contributed by atoms with Gasteiger partial charge in [0.2, 0.25) is 0 Å². The Morgan fingerprint density at radius 2 is 1.80 bits per heavy atom. The summed E-state index contributed by atoms with van der Waals surface area (Å²) in [5.74, 6) is 2.71. The molecule has 2 fully saturated rings. The molecule has 2 rings (SSSR count). The third kappa shape index (κ3) is 3.76. The van der Waals surface area contributed by atoms with Gasteiger partial charge in [-0.15, -0.1) is 0 Å². The fourth-order valence-corrected chi connectivity index (χ4v) is 3.90. The Morgan fingerprint density at radius 1 is 1.20 bits per heavy atom. The highest BCUT2D eigenvalue weighted by Crippen LogP contribution is 2.43. The lowest BCUT2D eigenvalue weighted by Gasteiger charge is -2.45. The van der Waals surface area contributed by atoms with Gasteiger partial charge in [0.05, 0.1) is 0 Å². The first-order valence-corrected chi connectivity index (χ1v) is 8.87. The molecule has 0 aromatic carbocycles. The van der Waals surface area contributed by atoms with Crippen molar-refractivity contribution >= 4 is 0 Å². The zero-order valence-corrected chi connectivity index (χ0v) is 14.2. The molecule has 2 nitrogen and oxygen atoms in total. The van der Waals surface area contributed by atoms with Crippen molar-refractivity contribution in [2.75, 3.05) is 13.1 Å². The van der Waals surface area contributed by atoms with Crippen molar-refractivity contribution in [1.29, 1.82) is 0 Å². The fourth-order valence-electron chi connectivity index (χ4n) is 3.90. The number of hydrogen-bond acceptors (Lipinski definition) is 2. The van der Waals surface area contributed by atoms with Crippen LogP contribution in [0.3, 0.4) is 0 Å². The SMILES string of the molecule is CCC(C)(C)C1CCC(CN)(NCC(C)C2CC2)CC1. The summed E-state index contributed by atoms with van der Waals surface area (Å²) in [6.45, 7) is 11.6. The lowest BCUT2D eigenvalue weighted by molar-refractivity contribution is 0.0993. The quantitative estimate of drug-likeness (QED) is 0.741. The van der Waals surface area contributed by atoms with E-state index in [1.807, 2.05) is 0 Å². The summed E-state index contributed by atoms with van der Waals surface area (Å²) < 4.78 is 0. The van der Waals surface area contributed by atoms with Gasteiger partial charge >= 0.3 is 0 Å². The molecule has 2 saturated carbocycles. The summed E-state index contributed by atoms with van der Waals surface area (Å²) in [6, 6.07) is 0. The minimum absolute atomic E-state index is 0.240. The summed E-state index contributed by atoms with van der Waals surface area (Å²) in [4.78, 5) is 0. The smallest absolute Gasteiger partial charge is 0.0304 e. The molecular weight excluding hydrogens is 244 g/mol. The number of nitrogens with one attached hydrogen (secondary N) is 1. The first-order chi connectivity index (χ1) is 9.42. The van der Waals surface area contributed by atoms with Crippen LogP contribution in [0.15, 0.2) is 0 Å². The lowest BCUT2D eigenvalue weighted by Crippen LogP contribution is -2.55. The third-order valence-electron chi connectivity index (χ3n) is 6.58. The highest BCUT2D eigenvalue weighted by Gasteiger charge is 2.39. The molecule has 0 radical (unpaired) electrons. The van der Waals surface area contributed by atoms with E-state index >= 15 is 0 Å². The topological polar surface area (TPSA) is 38.0 Å².